The summed E-state index contributed by atoms with van der Waals surface area (Å²) in [5, 5.41) is 12.2. The van der Waals surface area contributed by atoms with Gasteiger partial charge in [0.05, 0.1) is 12.3 Å². The van der Waals surface area contributed by atoms with Crippen molar-refractivity contribution in [3.8, 4) is 5.75 Å². The van der Waals surface area contributed by atoms with Crippen LogP contribution in [0.1, 0.15) is 17.5 Å². The smallest absolute Gasteiger partial charge is 0.322 e. The maximum Gasteiger partial charge on any atom is 0.322 e. The van der Waals surface area contributed by atoms with Crippen molar-refractivity contribution in [2.75, 3.05) is 25.0 Å². The largest absolute Gasteiger partial charge is 0.424 e. The normalized spacial score (nSPS) is 10.4. The van der Waals surface area contributed by atoms with E-state index in [0.717, 1.165) is 11.1 Å². The number of urea groups is 1. The molecule has 3 aromatic carbocycles. The molecule has 0 aliphatic heterocycles. The number of ether oxygens (including phenoxy) is 1. The molecule has 2 amide bonds. The highest BCUT2D eigenvalue weighted by molar-refractivity contribution is 5.91. The van der Waals surface area contributed by atoms with E-state index in [1.165, 1.54) is 0 Å². The van der Waals surface area contributed by atoms with Crippen molar-refractivity contribution in [2.45, 2.75) is 19.3 Å². The van der Waals surface area contributed by atoms with Crippen LogP contribution in [0.5, 0.6) is 5.75 Å². The molecule has 0 unspecified atom stereocenters. The molecule has 0 radical (unpaired) electrons. The molecule has 0 saturated heterocycles. The molecule has 0 bridgehead atoms. The van der Waals surface area contributed by atoms with E-state index in [1.54, 1.807) is 29.2 Å². The Kier molecular flexibility index (Phi) is 8.83. The van der Waals surface area contributed by atoms with Crippen molar-refractivity contribution in [3.63, 3.8) is 0 Å². The van der Waals surface area contributed by atoms with Crippen molar-refractivity contribution < 1.29 is 19.4 Å². The molecule has 0 atom stereocenters. The van der Waals surface area contributed by atoms with Crippen molar-refractivity contribution in [1.82, 2.24) is 4.90 Å². The van der Waals surface area contributed by atoms with Crippen molar-refractivity contribution in [3.05, 3.63) is 96.1 Å². The zero-order valence-electron chi connectivity index (χ0n) is 17.9. The number of aliphatic hydroxyl groups is 1. The predicted molar refractivity (Wildman–Crippen MR) is 125 cm³/mol. The van der Waals surface area contributed by atoms with Gasteiger partial charge in [-0.1, -0.05) is 72.8 Å². The van der Waals surface area contributed by atoms with E-state index in [1.807, 2.05) is 60.7 Å². The van der Waals surface area contributed by atoms with E-state index in [4.69, 9.17) is 4.74 Å². The van der Waals surface area contributed by atoms with Gasteiger partial charge >= 0.3 is 12.0 Å². The van der Waals surface area contributed by atoms with Gasteiger partial charge in [-0.05, 0) is 36.1 Å². The molecule has 0 fully saturated rings. The summed E-state index contributed by atoms with van der Waals surface area (Å²) in [7, 11) is 0. The highest BCUT2D eigenvalue weighted by Crippen LogP contribution is 2.25. The summed E-state index contributed by atoms with van der Waals surface area (Å²) in [5.41, 5.74) is 2.58. The number of hydrogen-bond donors (Lipinski definition) is 2. The van der Waals surface area contributed by atoms with Gasteiger partial charge < -0.3 is 20.1 Å². The van der Waals surface area contributed by atoms with E-state index in [-0.39, 0.29) is 31.6 Å². The van der Waals surface area contributed by atoms with E-state index < -0.39 is 0 Å². The van der Waals surface area contributed by atoms with Crippen LogP contribution in [-0.2, 0) is 17.6 Å². The van der Waals surface area contributed by atoms with Crippen LogP contribution >= 0.6 is 0 Å². The van der Waals surface area contributed by atoms with Gasteiger partial charge in [0.25, 0.3) is 0 Å². The third-order valence-corrected chi connectivity index (χ3v) is 4.98. The molecular weight excluding hydrogens is 404 g/mol. The Morgan fingerprint density at radius 2 is 1.38 bits per heavy atom. The number of aryl methyl sites for hydroxylation is 1. The molecule has 6 heteroatoms. The number of nitrogens with one attached hydrogen (secondary N) is 1. The molecule has 2 N–H and O–H groups in total. The Morgan fingerprint density at radius 1 is 0.781 bits per heavy atom. The molecule has 0 spiro atoms. The first-order valence-corrected chi connectivity index (χ1v) is 10.7. The fourth-order valence-electron chi connectivity index (χ4n) is 3.26. The zero-order chi connectivity index (χ0) is 22.6. The van der Waals surface area contributed by atoms with Crippen LogP contribution in [0, 0.1) is 0 Å². The number of esters is 1. The summed E-state index contributed by atoms with van der Waals surface area (Å²) >= 11 is 0. The third kappa shape index (κ3) is 7.25. The lowest BCUT2D eigenvalue weighted by Crippen LogP contribution is -2.38. The second-order valence-electron chi connectivity index (χ2n) is 7.33. The number of aliphatic hydroxyl groups excluding tert-OH is 1. The molecule has 0 aliphatic carbocycles. The molecular formula is C26H28N2O4. The Morgan fingerprint density at radius 3 is 2.03 bits per heavy atom. The van der Waals surface area contributed by atoms with Gasteiger partial charge in [-0.2, -0.15) is 0 Å². The fraction of sp³-hybridized carbons (Fsp3) is 0.231. The Balaban J connectivity index is 1.59. The number of carbonyl (C=O) groups is 2. The predicted octanol–water partition coefficient (Wildman–Crippen LogP) is 4.29. The maximum atomic E-state index is 12.8. The van der Waals surface area contributed by atoms with Gasteiger partial charge in [-0.25, -0.2) is 4.79 Å². The number of para-hydroxylation sites is 2. The lowest BCUT2D eigenvalue weighted by atomic mass is 10.1. The van der Waals surface area contributed by atoms with Crippen LogP contribution < -0.4 is 10.1 Å². The number of carbonyl (C=O) groups excluding carboxylic acids is 2. The average Bonchev–Trinajstić information content (AvgIpc) is 2.83. The molecule has 0 aromatic heterocycles. The van der Waals surface area contributed by atoms with Crippen molar-refractivity contribution >= 4 is 17.7 Å². The molecule has 0 heterocycles. The number of hydrogen-bond acceptors (Lipinski definition) is 4. The number of amides is 2. The molecule has 3 rings (SSSR count). The summed E-state index contributed by atoms with van der Waals surface area (Å²) < 4.78 is 5.52. The maximum absolute atomic E-state index is 12.8. The zero-order valence-corrected chi connectivity index (χ0v) is 17.9. The van der Waals surface area contributed by atoms with Crippen LogP contribution in [0.3, 0.4) is 0 Å². The SMILES string of the molecule is O=C(CCc1ccccc1)Oc1ccccc1NC(=O)N(CCO)CCc1ccccc1. The first-order chi connectivity index (χ1) is 15.7. The van der Waals surface area contributed by atoms with Crippen LogP contribution in [0.25, 0.3) is 0 Å². The molecule has 3 aromatic rings. The molecule has 32 heavy (non-hydrogen) atoms. The molecule has 6 nitrogen and oxygen atoms in total. The summed E-state index contributed by atoms with van der Waals surface area (Å²) in [5.74, 6) is -0.0715. The minimum atomic E-state index is -0.369. The summed E-state index contributed by atoms with van der Waals surface area (Å²) in [6.07, 6.45) is 1.49. The lowest BCUT2D eigenvalue weighted by molar-refractivity contribution is -0.134. The van der Waals surface area contributed by atoms with Gasteiger partial charge in [0.15, 0.2) is 5.75 Å². The molecule has 0 saturated carbocycles. The number of rotatable bonds is 10. The monoisotopic (exact) mass is 432 g/mol. The van der Waals surface area contributed by atoms with Gasteiger partial charge in [0, 0.05) is 19.5 Å². The summed E-state index contributed by atoms with van der Waals surface area (Å²) in [6.45, 7) is 0.519. The first-order valence-electron chi connectivity index (χ1n) is 10.7. The second-order valence-corrected chi connectivity index (χ2v) is 7.33. The molecule has 166 valence electrons. The number of anilines is 1. The Labute approximate surface area is 188 Å². The van der Waals surface area contributed by atoms with Crippen LogP contribution in [0.2, 0.25) is 0 Å². The average molecular weight is 433 g/mol. The number of nitrogens with zero attached hydrogens (tertiary/aromatic N) is 1. The van der Waals surface area contributed by atoms with Gasteiger partial charge in [0.2, 0.25) is 0 Å². The fourth-order valence-corrected chi connectivity index (χ4v) is 3.26. The van der Waals surface area contributed by atoms with E-state index in [2.05, 4.69) is 5.32 Å². The number of benzene rings is 3. The third-order valence-electron chi connectivity index (χ3n) is 4.98. The van der Waals surface area contributed by atoms with Crippen LogP contribution in [0.15, 0.2) is 84.9 Å². The molecule has 0 aliphatic rings. The van der Waals surface area contributed by atoms with Gasteiger partial charge in [-0.15, -0.1) is 0 Å². The highest BCUT2D eigenvalue weighted by atomic mass is 16.5. The first kappa shape index (κ1) is 23.0. The van der Waals surface area contributed by atoms with Crippen molar-refractivity contribution in [1.29, 1.82) is 0 Å². The van der Waals surface area contributed by atoms with Crippen molar-refractivity contribution in [2.24, 2.45) is 0 Å². The standard InChI is InChI=1S/C26H28N2O4/c29-20-19-28(18-17-22-11-5-2-6-12-22)26(31)27-23-13-7-8-14-24(23)32-25(30)16-15-21-9-3-1-4-10-21/h1-14,29H,15-20H2,(H,27,31). The van der Waals surface area contributed by atoms with Gasteiger partial charge in [-0.3, -0.25) is 4.79 Å². The minimum Gasteiger partial charge on any atom is -0.424 e. The summed E-state index contributed by atoms with van der Waals surface area (Å²) in [4.78, 5) is 26.7. The van der Waals surface area contributed by atoms with Gasteiger partial charge in [0.1, 0.15) is 0 Å². The lowest BCUT2D eigenvalue weighted by Gasteiger charge is -2.23. The van der Waals surface area contributed by atoms with Crippen LogP contribution in [-0.4, -0.2) is 41.7 Å². The second kappa shape index (κ2) is 12.3. The Hall–Kier alpha value is -3.64. The highest BCUT2D eigenvalue weighted by Gasteiger charge is 2.16. The summed E-state index contributed by atoms with van der Waals surface area (Å²) in [6, 6.07) is 26.1. The van der Waals surface area contributed by atoms with E-state index in [0.29, 0.717) is 30.8 Å². The van der Waals surface area contributed by atoms with Crippen LogP contribution in [0.4, 0.5) is 10.5 Å². The minimum absolute atomic E-state index is 0.141. The topological polar surface area (TPSA) is 78.9 Å². The van der Waals surface area contributed by atoms with E-state index >= 15 is 0 Å². The quantitative estimate of drug-likeness (QED) is 0.370. The van der Waals surface area contributed by atoms with E-state index in [9.17, 15) is 14.7 Å². The Bertz CT molecular complexity index is 993.